The molecule has 26 heavy (non-hydrogen) atoms. The summed E-state index contributed by atoms with van der Waals surface area (Å²) in [6.07, 6.45) is -2.36. The summed E-state index contributed by atoms with van der Waals surface area (Å²) >= 11 is 1.34. The number of hydrogen-bond acceptors (Lipinski definition) is 4. The molecule has 1 aliphatic rings. The number of carbonyl (C=O) groups excluding carboxylic acids is 2. The Morgan fingerprint density at radius 1 is 1.12 bits per heavy atom. The summed E-state index contributed by atoms with van der Waals surface area (Å²) in [4.78, 5) is 28.7. The van der Waals surface area contributed by atoms with Gasteiger partial charge in [0.25, 0.3) is 18.2 Å². The van der Waals surface area contributed by atoms with E-state index in [2.05, 4.69) is 5.32 Å². The maximum atomic E-state index is 12.6. The lowest BCUT2D eigenvalue weighted by Gasteiger charge is -2.34. The molecule has 0 bridgehead atoms. The average Bonchev–Trinajstić information content (AvgIpc) is 3.16. The van der Waals surface area contributed by atoms with E-state index in [-0.39, 0.29) is 18.4 Å². The molecular weight excluding hydrogens is 360 g/mol. The Morgan fingerprint density at radius 3 is 2.54 bits per heavy atom. The summed E-state index contributed by atoms with van der Waals surface area (Å²) in [6, 6.07) is 10.3. The van der Waals surface area contributed by atoms with Gasteiger partial charge in [-0.2, -0.15) is 0 Å². The van der Waals surface area contributed by atoms with Crippen LogP contribution >= 0.6 is 11.3 Å². The van der Waals surface area contributed by atoms with Crippen LogP contribution in [0.4, 0.5) is 14.5 Å². The minimum absolute atomic E-state index is 0.158. The van der Waals surface area contributed by atoms with E-state index in [1.165, 1.54) is 11.3 Å². The number of hydrogen-bond donors (Lipinski definition) is 1. The molecule has 0 aliphatic carbocycles. The van der Waals surface area contributed by atoms with Gasteiger partial charge in [0.15, 0.2) is 0 Å². The second kappa shape index (κ2) is 8.37. The van der Waals surface area contributed by atoms with E-state index < -0.39 is 6.43 Å². The molecule has 1 aromatic heterocycles. The molecule has 1 aromatic carbocycles. The summed E-state index contributed by atoms with van der Waals surface area (Å²) in [6.45, 7) is 1.44. The molecule has 0 atom stereocenters. The van der Waals surface area contributed by atoms with Crippen molar-refractivity contribution in [1.82, 2.24) is 9.80 Å². The number of thiophene rings is 1. The average molecular weight is 379 g/mol. The van der Waals surface area contributed by atoms with Gasteiger partial charge in [-0.25, -0.2) is 8.78 Å². The van der Waals surface area contributed by atoms with Crippen LogP contribution in [0.15, 0.2) is 41.8 Å². The van der Waals surface area contributed by atoms with Gasteiger partial charge in [0.2, 0.25) is 0 Å². The lowest BCUT2D eigenvalue weighted by molar-refractivity contribution is 0.0459. The number of carbonyl (C=O) groups is 2. The van der Waals surface area contributed by atoms with Crippen molar-refractivity contribution in [3.05, 3.63) is 52.2 Å². The standard InChI is InChI=1S/C18H19F2N3O2S/c19-16(20)12-22-6-8-23(9-7-22)18(25)13-3-1-4-14(11-13)21-17(24)15-5-2-10-26-15/h1-5,10-11,16H,6-9,12H2,(H,21,24). The molecule has 0 saturated carbocycles. The monoisotopic (exact) mass is 379 g/mol. The number of benzene rings is 1. The molecule has 138 valence electrons. The Labute approximate surface area is 154 Å². The molecule has 2 amide bonds. The minimum atomic E-state index is -2.36. The first-order valence-corrected chi connectivity index (χ1v) is 9.15. The summed E-state index contributed by atoms with van der Waals surface area (Å²) < 4.78 is 24.9. The minimum Gasteiger partial charge on any atom is -0.336 e. The maximum absolute atomic E-state index is 12.6. The number of nitrogens with zero attached hydrogens (tertiary/aromatic N) is 2. The lowest BCUT2D eigenvalue weighted by atomic mass is 10.1. The van der Waals surface area contributed by atoms with E-state index in [0.29, 0.717) is 42.3 Å². The quantitative estimate of drug-likeness (QED) is 0.869. The van der Waals surface area contributed by atoms with Gasteiger partial charge >= 0.3 is 0 Å². The van der Waals surface area contributed by atoms with E-state index in [4.69, 9.17) is 0 Å². The second-order valence-electron chi connectivity index (χ2n) is 6.00. The summed E-state index contributed by atoms with van der Waals surface area (Å²) in [5, 5.41) is 4.60. The molecular formula is C18H19F2N3O2S. The fourth-order valence-corrected chi connectivity index (χ4v) is 3.46. The first-order chi connectivity index (χ1) is 12.5. The number of nitrogens with one attached hydrogen (secondary N) is 1. The fourth-order valence-electron chi connectivity index (χ4n) is 2.84. The number of amides is 2. The molecule has 1 N–H and O–H groups in total. The normalized spacial score (nSPS) is 15.3. The predicted octanol–water partition coefficient (Wildman–Crippen LogP) is 3.02. The van der Waals surface area contributed by atoms with E-state index in [9.17, 15) is 18.4 Å². The molecule has 0 spiro atoms. The number of alkyl halides is 2. The Hall–Kier alpha value is -2.32. The molecule has 8 heteroatoms. The SMILES string of the molecule is O=C(Nc1cccc(C(=O)N2CCN(CC(F)F)CC2)c1)c1cccs1. The Bertz CT molecular complexity index is 760. The van der Waals surface area contributed by atoms with Gasteiger partial charge in [0.1, 0.15) is 0 Å². The van der Waals surface area contributed by atoms with Gasteiger partial charge < -0.3 is 10.2 Å². The van der Waals surface area contributed by atoms with Crippen LogP contribution in [-0.4, -0.2) is 60.8 Å². The number of rotatable bonds is 5. The van der Waals surface area contributed by atoms with Crippen molar-refractivity contribution < 1.29 is 18.4 Å². The zero-order valence-electron chi connectivity index (χ0n) is 14.0. The Kier molecular flexibility index (Phi) is 5.95. The van der Waals surface area contributed by atoms with E-state index in [1.54, 1.807) is 46.2 Å². The molecule has 3 rings (SSSR count). The van der Waals surface area contributed by atoms with Crippen LogP contribution in [0.5, 0.6) is 0 Å². The predicted molar refractivity (Wildman–Crippen MR) is 97.1 cm³/mol. The topological polar surface area (TPSA) is 52.7 Å². The van der Waals surface area contributed by atoms with Crippen molar-refractivity contribution in [2.24, 2.45) is 0 Å². The molecule has 5 nitrogen and oxygen atoms in total. The highest BCUT2D eigenvalue weighted by atomic mass is 32.1. The van der Waals surface area contributed by atoms with Crippen LogP contribution in [0.3, 0.4) is 0 Å². The number of halogens is 2. The Balaban J connectivity index is 1.61. The molecule has 2 heterocycles. The van der Waals surface area contributed by atoms with Gasteiger partial charge in [0, 0.05) is 37.4 Å². The summed E-state index contributed by atoms with van der Waals surface area (Å²) in [5.74, 6) is -0.376. The largest absolute Gasteiger partial charge is 0.336 e. The number of anilines is 1. The molecule has 1 saturated heterocycles. The highest BCUT2D eigenvalue weighted by Crippen LogP contribution is 2.17. The van der Waals surface area contributed by atoms with Crippen molar-refractivity contribution in [2.45, 2.75) is 6.43 Å². The fraction of sp³-hybridized carbons (Fsp3) is 0.333. The lowest BCUT2D eigenvalue weighted by Crippen LogP contribution is -2.49. The van der Waals surface area contributed by atoms with Crippen LogP contribution in [0, 0.1) is 0 Å². The van der Waals surface area contributed by atoms with Gasteiger partial charge in [-0.3, -0.25) is 14.5 Å². The summed E-state index contributed by atoms with van der Waals surface area (Å²) in [5.41, 5.74) is 1.02. The van der Waals surface area contributed by atoms with Crippen molar-refractivity contribution >= 4 is 28.8 Å². The van der Waals surface area contributed by atoms with E-state index >= 15 is 0 Å². The molecule has 0 radical (unpaired) electrons. The Morgan fingerprint density at radius 2 is 1.88 bits per heavy atom. The van der Waals surface area contributed by atoms with Crippen LogP contribution in [0.1, 0.15) is 20.0 Å². The van der Waals surface area contributed by atoms with Crippen LogP contribution < -0.4 is 5.32 Å². The van der Waals surface area contributed by atoms with Crippen LogP contribution in [0.25, 0.3) is 0 Å². The third-order valence-corrected chi connectivity index (χ3v) is 5.04. The zero-order valence-corrected chi connectivity index (χ0v) is 14.8. The molecule has 1 fully saturated rings. The van der Waals surface area contributed by atoms with E-state index in [1.807, 2.05) is 5.38 Å². The summed E-state index contributed by atoms with van der Waals surface area (Å²) in [7, 11) is 0. The van der Waals surface area contributed by atoms with E-state index in [0.717, 1.165) is 0 Å². The first kappa shape index (κ1) is 18.5. The van der Waals surface area contributed by atoms with Gasteiger partial charge in [0.05, 0.1) is 11.4 Å². The van der Waals surface area contributed by atoms with Gasteiger partial charge in [-0.15, -0.1) is 11.3 Å². The van der Waals surface area contributed by atoms with Crippen LogP contribution in [0.2, 0.25) is 0 Å². The first-order valence-electron chi connectivity index (χ1n) is 8.27. The van der Waals surface area contributed by atoms with Gasteiger partial charge in [-0.1, -0.05) is 12.1 Å². The number of piperazine rings is 1. The second-order valence-corrected chi connectivity index (χ2v) is 6.94. The van der Waals surface area contributed by atoms with Gasteiger partial charge in [-0.05, 0) is 29.6 Å². The maximum Gasteiger partial charge on any atom is 0.265 e. The van der Waals surface area contributed by atoms with Crippen LogP contribution in [-0.2, 0) is 0 Å². The molecule has 1 aliphatic heterocycles. The van der Waals surface area contributed by atoms with Crippen molar-refractivity contribution in [3.63, 3.8) is 0 Å². The van der Waals surface area contributed by atoms with Crippen molar-refractivity contribution in [3.8, 4) is 0 Å². The zero-order chi connectivity index (χ0) is 18.5. The van der Waals surface area contributed by atoms with Crippen molar-refractivity contribution in [1.29, 1.82) is 0 Å². The highest BCUT2D eigenvalue weighted by molar-refractivity contribution is 7.12. The third kappa shape index (κ3) is 4.64. The molecule has 2 aromatic rings. The third-order valence-electron chi connectivity index (χ3n) is 4.17. The highest BCUT2D eigenvalue weighted by Gasteiger charge is 2.23. The molecule has 0 unspecified atom stereocenters. The van der Waals surface area contributed by atoms with Crippen molar-refractivity contribution in [2.75, 3.05) is 38.0 Å². The smallest absolute Gasteiger partial charge is 0.265 e.